The molecule has 2 heterocycles. The van der Waals surface area contributed by atoms with Gasteiger partial charge in [-0.2, -0.15) is 0 Å². The number of amides is 1. The van der Waals surface area contributed by atoms with E-state index >= 15 is 0 Å². The lowest BCUT2D eigenvalue weighted by atomic mass is 10.1. The largest absolute Gasteiger partial charge is 0.370 e. The summed E-state index contributed by atoms with van der Waals surface area (Å²) in [4.78, 5) is 20.1. The molecule has 2 aliphatic rings. The number of halogens is 1. The summed E-state index contributed by atoms with van der Waals surface area (Å²) in [6.07, 6.45) is 0.557. The van der Waals surface area contributed by atoms with E-state index in [1.54, 1.807) is 0 Å². The van der Waals surface area contributed by atoms with Crippen LogP contribution in [0, 0.1) is 5.92 Å². The quantitative estimate of drug-likeness (QED) is 0.636. The molecule has 23 heavy (non-hydrogen) atoms. The first-order valence-corrected chi connectivity index (χ1v) is 8.31. The number of nitrogens with one attached hydrogen (secondary N) is 1. The van der Waals surface area contributed by atoms with Crippen molar-refractivity contribution in [3.05, 3.63) is 29.3 Å². The van der Waals surface area contributed by atoms with Crippen LogP contribution in [0.1, 0.15) is 6.42 Å². The molecule has 2 fully saturated rings. The number of aliphatic imine (C=N–C) groups is 1. The number of nitrogens with two attached hydrogens (primary N) is 1. The van der Waals surface area contributed by atoms with Crippen LogP contribution in [0.25, 0.3) is 0 Å². The van der Waals surface area contributed by atoms with Crippen LogP contribution in [0.5, 0.6) is 0 Å². The smallest absolute Gasteiger partial charge is 0.220 e. The van der Waals surface area contributed by atoms with Gasteiger partial charge in [-0.3, -0.25) is 9.79 Å². The molecule has 3 N–H and O–H groups in total. The fraction of sp³-hybridized carbons (Fsp3) is 0.500. The molecule has 1 aromatic carbocycles. The molecule has 0 spiro atoms. The molecular formula is C16H22ClN5O. The highest BCUT2D eigenvalue weighted by Gasteiger charge is 2.22. The lowest BCUT2D eigenvalue weighted by Crippen LogP contribution is -2.51. The zero-order chi connectivity index (χ0) is 16.2. The zero-order valence-corrected chi connectivity index (χ0v) is 13.8. The van der Waals surface area contributed by atoms with Gasteiger partial charge < -0.3 is 20.9 Å². The van der Waals surface area contributed by atoms with Gasteiger partial charge in [-0.15, -0.1) is 0 Å². The SMILES string of the molecule is NC(=NCC1CNC(=O)C1)N1CCN(c2ccc(Cl)cc2)CC1. The van der Waals surface area contributed by atoms with Crippen molar-refractivity contribution < 1.29 is 4.79 Å². The fourth-order valence-corrected chi connectivity index (χ4v) is 3.09. The maximum absolute atomic E-state index is 11.2. The van der Waals surface area contributed by atoms with E-state index in [1.807, 2.05) is 24.3 Å². The molecule has 0 aromatic heterocycles. The average molecular weight is 336 g/mol. The second-order valence-corrected chi connectivity index (χ2v) is 6.46. The van der Waals surface area contributed by atoms with Crippen molar-refractivity contribution in [2.75, 3.05) is 44.2 Å². The van der Waals surface area contributed by atoms with Crippen LogP contribution in [-0.4, -0.2) is 56.0 Å². The van der Waals surface area contributed by atoms with E-state index in [2.05, 4.69) is 20.1 Å². The van der Waals surface area contributed by atoms with Crippen LogP contribution >= 0.6 is 11.6 Å². The van der Waals surface area contributed by atoms with Gasteiger partial charge >= 0.3 is 0 Å². The standard InChI is InChI=1S/C16H22ClN5O/c17-13-1-3-14(4-2-13)21-5-7-22(8-6-21)16(18)20-11-12-9-15(23)19-10-12/h1-4,12H,5-11H2,(H2,18,20)(H,19,23). The maximum Gasteiger partial charge on any atom is 0.220 e. The van der Waals surface area contributed by atoms with E-state index in [9.17, 15) is 4.79 Å². The molecule has 3 rings (SSSR count). The van der Waals surface area contributed by atoms with E-state index in [0.29, 0.717) is 25.5 Å². The molecule has 1 aromatic rings. The van der Waals surface area contributed by atoms with Crippen molar-refractivity contribution in [2.24, 2.45) is 16.6 Å². The first-order valence-electron chi connectivity index (χ1n) is 7.94. The predicted octanol–water partition coefficient (Wildman–Crippen LogP) is 0.913. The Labute approximate surface area is 141 Å². The normalized spacial score (nSPS) is 22.4. The highest BCUT2D eigenvalue weighted by Crippen LogP contribution is 2.19. The number of carbonyl (C=O) groups is 1. The Hall–Kier alpha value is -1.95. The summed E-state index contributed by atoms with van der Waals surface area (Å²) in [5.74, 6) is 0.969. The predicted molar refractivity (Wildman–Crippen MR) is 92.8 cm³/mol. The Morgan fingerprint density at radius 2 is 1.96 bits per heavy atom. The molecule has 2 aliphatic heterocycles. The lowest BCUT2D eigenvalue weighted by Gasteiger charge is -2.36. The van der Waals surface area contributed by atoms with E-state index < -0.39 is 0 Å². The van der Waals surface area contributed by atoms with Crippen molar-refractivity contribution in [1.82, 2.24) is 10.2 Å². The van der Waals surface area contributed by atoms with Gasteiger partial charge in [0.15, 0.2) is 5.96 Å². The van der Waals surface area contributed by atoms with Crippen LogP contribution in [0.4, 0.5) is 5.69 Å². The summed E-state index contributed by atoms with van der Waals surface area (Å²) in [5, 5.41) is 3.58. The summed E-state index contributed by atoms with van der Waals surface area (Å²) in [5.41, 5.74) is 7.28. The van der Waals surface area contributed by atoms with Crippen molar-refractivity contribution in [1.29, 1.82) is 0 Å². The van der Waals surface area contributed by atoms with Gasteiger partial charge in [-0.1, -0.05) is 11.6 Å². The van der Waals surface area contributed by atoms with Gasteiger partial charge in [0.1, 0.15) is 0 Å². The number of benzene rings is 1. The second-order valence-electron chi connectivity index (χ2n) is 6.02. The number of piperazine rings is 1. The zero-order valence-electron chi connectivity index (χ0n) is 13.0. The third-order valence-corrected chi connectivity index (χ3v) is 4.62. The second kappa shape index (κ2) is 7.08. The molecule has 0 radical (unpaired) electrons. The first-order chi connectivity index (χ1) is 11.1. The molecule has 0 saturated carbocycles. The minimum atomic E-state index is 0.111. The Morgan fingerprint density at radius 3 is 2.57 bits per heavy atom. The van der Waals surface area contributed by atoms with Crippen molar-refractivity contribution >= 4 is 29.2 Å². The minimum absolute atomic E-state index is 0.111. The monoisotopic (exact) mass is 335 g/mol. The Morgan fingerprint density at radius 1 is 1.26 bits per heavy atom. The lowest BCUT2D eigenvalue weighted by molar-refractivity contribution is -0.119. The highest BCUT2D eigenvalue weighted by molar-refractivity contribution is 6.30. The number of hydrogen-bond acceptors (Lipinski definition) is 3. The molecule has 0 bridgehead atoms. The number of anilines is 1. The summed E-state index contributed by atoms with van der Waals surface area (Å²) < 4.78 is 0. The molecule has 1 atom stereocenters. The van der Waals surface area contributed by atoms with E-state index in [-0.39, 0.29) is 11.8 Å². The topological polar surface area (TPSA) is 74.0 Å². The van der Waals surface area contributed by atoms with Gasteiger partial charge in [-0.25, -0.2) is 0 Å². The summed E-state index contributed by atoms with van der Waals surface area (Å²) in [7, 11) is 0. The Bertz CT molecular complexity index is 581. The highest BCUT2D eigenvalue weighted by atomic mass is 35.5. The van der Waals surface area contributed by atoms with Gasteiger partial charge in [0.2, 0.25) is 5.91 Å². The van der Waals surface area contributed by atoms with Crippen LogP contribution in [-0.2, 0) is 4.79 Å². The van der Waals surface area contributed by atoms with Crippen molar-refractivity contribution in [2.45, 2.75) is 6.42 Å². The summed E-state index contributed by atoms with van der Waals surface area (Å²) >= 11 is 5.93. The first kappa shape index (κ1) is 15.9. The van der Waals surface area contributed by atoms with E-state index in [1.165, 1.54) is 5.69 Å². The third-order valence-electron chi connectivity index (χ3n) is 4.37. The van der Waals surface area contributed by atoms with Gasteiger partial charge in [0, 0.05) is 62.3 Å². The van der Waals surface area contributed by atoms with Crippen LogP contribution in [0.2, 0.25) is 5.02 Å². The fourth-order valence-electron chi connectivity index (χ4n) is 2.96. The number of carbonyl (C=O) groups excluding carboxylic acids is 1. The van der Waals surface area contributed by atoms with Crippen molar-refractivity contribution in [3.8, 4) is 0 Å². The van der Waals surface area contributed by atoms with Gasteiger partial charge in [0.05, 0.1) is 0 Å². The number of hydrogen-bond donors (Lipinski definition) is 2. The van der Waals surface area contributed by atoms with Crippen LogP contribution in [0.15, 0.2) is 29.3 Å². The molecule has 1 amide bonds. The average Bonchev–Trinajstić information content (AvgIpc) is 2.99. The molecule has 0 aliphatic carbocycles. The van der Waals surface area contributed by atoms with Crippen LogP contribution in [0.3, 0.4) is 0 Å². The van der Waals surface area contributed by atoms with Gasteiger partial charge in [-0.05, 0) is 24.3 Å². The molecular weight excluding hydrogens is 314 g/mol. The number of rotatable bonds is 3. The summed E-state index contributed by atoms with van der Waals surface area (Å²) in [6, 6.07) is 7.91. The van der Waals surface area contributed by atoms with E-state index in [4.69, 9.17) is 17.3 Å². The Kier molecular flexibility index (Phi) is 4.91. The van der Waals surface area contributed by atoms with Crippen LogP contribution < -0.4 is 16.0 Å². The van der Waals surface area contributed by atoms with Crippen molar-refractivity contribution in [3.63, 3.8) is 0 Å². The number of nitrogens with zero attached hydrogens (tertiary/aromatic N) is 3. The number of guanidine groups is 1. The van der Waals surface area contributed by atoms with Gasteiger partial charge in [0.25, 0.3) is 0 Å². The molecule has 124 valence electrons. The molecule has 1 unspecified atom stereocenters. The maximum atomic E-state index is 11.2. The summed E-state index contributed by atoms with van der Waals surface area (Å²) in [6.45, 7) is 4.82. The molecule has 6 nitrogen and oxygen atoms in total. The molecule has 7 heteroatoms. The van der Waals surface area contributed by atoms with E-state index in [0.717, 1.165) is 31.2 Å². The Balaban J connectivity index is 1.49. The molecule has 2 saturated heterocycles. The third kappa shape index (κ3) is 4.07. The minimum Gasteiger partial charge on any atom is -0.370 e.